The van der Waals surface area contributed by atoms with Crippen molar-refractivity contribution in [2.75, 3.05) is 0 Å². The van der Waals surface area contributed by atoms with E-state index in [1.807, 2.05) is 9.47 Å². The molecule has 5 heteroatoms. The van der Waals surface area contributed by atoms with Crippen LogP contribution in [0.3, 0.4) is 0 Å². The minimum atomic E-state index is -2.71. The van der Waals surface area contributed by atoms with Gasteiger partial charge in [0.25, 0.3) is 0 Å². The number of allylic oxidation sites excluding steroid dienone is 2. The summed E-state index contributed by atoms with van der Waals surface area (Å²) in [6.07, 6.45) is 10.6. The maximum absolute atomic E-state index is 6.53. The molecule has 2 nitrogen and oxygen atoms in total. The standard InChI is InChI=1S/C21H17O.C20H15O.C4H6.2ClH.Zr/c1-14-8-10-17-12-18(20-11-9-15(2)22-20)13-19(17)21(14)16-6-4-3-5-7-16;1-14-9-10-16-12-17(19-8-5-11-21-19)13-18(16)20(14)15-6-3-2-4-7-15;1-2-4-3-1;;;/h3-13H,1-2H3;2-13H,1H3;1-3H2;2*1H;/q;;;;;+2/p-2. The Balaban J connectivity index is 0.00000196. The van der Waals surface area contributed by atoms with E-state index in [4.69, 9.17) is 8.83 Å². The van der Waals surface area contributed by atoms with Crippen LogP contribution < -0.4 is 24.8 Å². The van der Waals surface area contributed by atoms with Crippen LogP contribution in [0.25, 0.3) is 45.6 Å². The van der Waals surface area contributed by atoms with Crippen LogP contribution in [0.5, 0.6) is 0 Å². The second kappa shape index (κ2) is 14.1. The Morgan fingerprint density at radius 1 is 0.560 bits per heavy atom. The fraction of sp³-hybridized carbons (Fsp3) is 0.178. The molecule has 1 fully saturated rings. The second-order valence-electron chi connectivity index (χ2n) is 13.6. The smallest absolute Gasteiger partial charge is 1.00 e. The SMILES string of the molecule is Cc1ccc(C2=Cc3c(ccc(C)c3-c3ccccc3)[CH]2[Zr+2](=[C]2CCC2)[CH]2C(c3ccco3)=Cc3c2ccc(C)c3-c2ccccc2)o1.[Cl-].[Cl-]. The molecule has 9 rings (SSSR count). The Morgan fingerprint density at radius 3 is 1.54 bits per heavy atom. The molecule has 0 bridgehead atoms. The van der Waals surface area contributed by atoms with E-state index in [0.717, 1.165) is 17.3 Å². The summed E-state index contributed by atoms with van der Waals surface area (Å²) in [6.45, 7) is 6.59. The third kappa shape index (κ3) is 5.73. The van der Waals surface area contributed by atoms with Crippen LogP contribution in [0.2, 0.25) is 0 Å². The van der Waals surface area contributed by atoms with Crippen LogP contribution in [-0.2, 0) is 21.3 Å². The molecule has 2 unspecified atom stereocenters. The summed E-state index contributed by atoms with van der Waals surface area (Å²) in [5.74, 6) is 3.00. The quantitative estimate of drug-likeness (QED) is 0.208. The van der Waals surface area contributed by atoms with Gasteiger partial charge in [0.2, 0.25) is 0 Å². The Hall–Kier alpha value is -3.75. The molecule has 2 heterocycles. The summed E-state index contributed by atoms with van der Waals surface area (Å²) in [7, 11) is 0. The predicted molar refractivity (Wildman–Crippen MR) is 195 cm³/mol. The van der Waals surface area contributed by atoms with Gasteiger partial charge < -0.3 is 24.8 Å². The van der Waals surface area contributed by atoms with E-state index in [0.29, 0.717) is 7.25 Å². The minimum Gasteiger partial charge on any atom is -1.00 e. The first-order valence-corrected chi connectivity index (χ1v) is 21.3. The molecule has 0 amide bonds. The van der Waals surface area contributed by atoms with Crippen LogP contribution >= 0.6 is 0 Å². The minimum absolute atomic E-state index is 0. The average Bonchev–Trinajstić information content (AvgIpc) is 3.89. The molecule has 6 aromatic rings. The summed E-state index contributed by atoms with van der Waals surface area (Å²) in [5.41, 5.74) is 16.4. The van der Waals surface area contributed by atoms with Crippen molar-refractivity contribution in [3.05, 3.63) is 166 Å². The Morgan fingerprint density at radius 2 is 1.10 bits per heavy atom. The maximum Gasteiger partial charge on any atom is -1.00 e. The third-order valence-corrected chi connectivity index (χ3v) is 20.1. The number of rotatable bonds is 6. The van der Waals surface area contributed by atoms with E-state index in [-0.39, 0.29) is 24.8 Å². The molecule has 4 aromatic carbocycles. The van der Waals surface area contributed by atoms with Gasteiger partial charge in [0.15, 0.2) is 0 Å². The van der Waals surface area contributed by atoms with Gasteiger partial charge in [-0.25, -0.2) is 0 Å². The topological polar surface area (TPSA) is 26.3 Å². The van der Waals surface area contributed by atoms with Gasteiger partial charge in [0, 0.05) is 0 Å². The van der Waals surface area contributed by atoms with Crippen molar-refractivity contribution in [2.45, 2.75) is 47.3 Å². The van der Waals surface area contributed by atoms with Gasteiger partial charge >= 0.3 is 292 Å². The zero-order valence-electron chi connectivity index (χ0n) is 28.5. The molecule has 50 heavy (non-hydrogen) atoms. The molecular formula is C45H38Cl2O2Zr. The van der Waals surface area contributed by atoms with Crippen molar-refractivity contribution >= 4 is 26.5 Å². The van der Waals surface area contributed by atoms with E-state index in [2.05, 4.69) is 142 Å². The van der Waals surface area contributed by atoms with Gasteiger partial charge in [-0.1, -0.05) is 0 Å². The van der Waals surface area contributed by atoms with Crippen LogP contribution in [0.1, 0.15) is 77.2 Å². The predicted octanol–water partition coefficient (Wildman–Crippen LogP) is 6.01. The molecule has 0 aliphatic heterocycles. The van der Waals surface area contributed by atoms with Gasteiger partial charge in [0.05, 0.1) is 0 Å². The zero-order chi connectivity index (χ0) is 32.4. The van der Waals surface area contributed by atoms with Crippen LogP contribution in [0.4, 0.5) is 0 Å². The van der Waals surface area contributed by atoms with Gasteiger partial charge in [0.1, 0.15) is 0 Å². The van der Waals surface area contributed by atoms with Crippen molar-refractivity contribution < 1.29 is 54.9 Å². The maximum atomic E-state index is 6.53. The first kappa shape index (κ1) is 34.7. The molecule has 0 N–H and O–H groups in total. The van der Waals surface area contributed by atoms with E-state index in [1.165, 1.54) is 86.0 Å². The number of aryl methyl sites for hydroxylation is 3. The summed E-state index contributed by atoms with van der Waals surface area (Å²) >= 11 is -2.71. The normalized spacial score (nSPS) is 17.0. The first-order chi connectivity index (χ1) is 23.6. The summed E-state index contributed by atoms with van der Waals surface area (Å²) in [4.78, 5) is 0. The van der Waals surface area contributed by atoms with Crippen molar-refractivity contribution in [3.63, 3.8) is 0 Å². The monoisotopic (exact) mass is 770 g/mol. The number of benzene rings is 4. The molecule has 0 saturated heterocycles. The zero-order valence-corrected chi connectivity index (χ0v) is 32.4. The first-order valence-electron chi connectivity index (χ1n) is 17.2. The van der Waals surface area contributed by atoms with E-state index in [1.54, 1.807) is 0 Å². The number of halogens is 2. The van der Waals surface area contributed by atoms with Crippen molar-refractivity contribution in [1.29, 1.82) is 0 Å². The molecule has 2 aromatic heterocycles. The second-order valence-corrected chi connectivity index (χ2v) is 20.4. The number of hydrogen-bond donors (Lipinski definition) is 0. The number of furan rings is 2. The van der Waals surface area contributed by atoms with Gasteiger partial charge in [-0.15, -0.1) is 0 Å². The Bertz CT molecular complexity index is 2290. The average molecular weight is 773 g/mol. The van der Waals surface area contributed by atoms with Gasteiger partial charge in [-0.2, -0.15) is 0 Å². The summed E-state index contributed by atoms with van der Waals surface area (Å²) in [6, 6.07) is 40.1. The molecule has 248 valence electrons. The molecule has 2 atom stereocenters. The molecule has 0 radical (unpaired) electrons. The van der Waals surface area contributed by atoms with Crippen molar-refractivity contribution in [2.24, 2.45) is 0 Å². The molecule has 3 aliphatic carbocycles. The van der Waals surface area contributed by atoms with Crippen molar-refractivity contribution in [1.82, 2.24) is 0 Å². The van der Waals surface area contributed by atoms with Gasteiger partial charge in [-0.05, 0) is 0 Å². The van der Waals surface area contributed by atoms with Crippen LogP contribution in [0, 0.1) is 20.8 Å². The Labute approximate surface area is 314 Å². The van der Waals surface area contributed by atoms with Gasteiger partial charge in [-0.3, -0.25) is 0 Å². The van der Waals surface area contributed by atoms with Crippen LogP contribution in [0.15, 0.2) is 124 Å². The number of fused-ring (bicyclic) bond motifs is 2. The Kier molecular flexibility index (Phi) is 9.79. The largest absolute Gasteiger partial charge is 1.00 e. The number of hydrogen-bond acceptors (Lipinski definition) is 2. The van der Waals surface area contributed by atoms with E-state index in [9.17, 15) is 0 Å². The fourth-order valence-electron chi connectivity index (χ4n) is 8.44. The van der Waals surface area contributed by atoms with Crippen molar-refractivity contribution in [3.8, 4) is 22.3 Å². The van der Waals surface area contributed by atoms with E-state index >= 15 is 0 Å². The fourth-order valence-corrected chi connectivity index (χ4v) is 19.2. The molecular weight excluding hydrogens is 735 g/mol. The van der Waals surface area contributed by atoms with E-state index < -0.39 is 21.3 Å². The summed E-state index contributed by atoms with van der Waals surface area (Å²) < 4.78 is 15.4. The molecule has 1 saturated carbocycles. The summed E-state index contributed by atoms with van der Waals surface area (Å²) in [5, 5.41) is 0. The molecule has 3 aliphatic rings. The third-order valence-electron chi connectivity index (χ3n) is 10.8. The van der Waals surface area contributed by atoms with Crippen LogP contribution in [-0.4, -0.2) is 3.21 Å². The molecule has 0 spiro atoms.